The molecule has 1 saturated carbocycles. The molecule has 0 spiro atoms. The van der Waals surface area contributed by atoms with Gasteiger partial charge in [0.15, 0.2) is 9.84 Å². The first kappa shape index (κ1) is 11.1. The Hall–Kier alpha value is -0.970. The quantitative estimate of drug-likeness (QED) is 0.776. The zero-order valence-corrected chi connectivity index (χ0v) is 9.93. The molecule has 2 nitrogen and oxygen atoms in total. The Balaban J connectivity index is 2.24. The van der Waals surface area contributed by atoms with Crippen LogP contribution in [0.25, 0.3) is 0 Å². The van der Waals surface area contributed by atoms with Gasteiger partial charge in [0.25, 0.3) is 0 Å². The van der Waals surface area contributed by atoms with Crippen LogP contribution in [0.1, 0.15) is 30.7 Å². The predicted molar refractivity (Wildman–Crippen MR) is 58.5 cm³/mol. The fourth-order valence-corrected chi connectivity index (χ4v) is 4.34. The van der Waals surface area contributed by atoms with Gasteiger partial charge in [-0.1, -0.05) is 0 Å². The second-order valence-electron chi connectivity index (χ2n) is 4.85. The van der Waals surface area contributed by atoms with Gasteiger partial charge in [-0.2, -0.15) is 0 Å². The zero-order valence-electron chi connectivity index (χ0n) is 9.12. The van der Waals surface area contributed by atoms with E-state index in [1.807, 2.05) is 0 Å². The molecule has 1 aromatic rings. The molecular formula is C12H12F2O2S. The summed E-state index contributed by atoms with van der Waals surface area (Å²) in [6, 6.07) is 1.75. The van der Waals surface area contributed by atoms with Crippen LogP contribution in [-0.2, 0) is 9.84 Å². The van der Waals surface area contributed by atoms with Crippen molar-refractivity contribution in [1.29, 1.82) is 0 Å². The summed E-state index contributed by atoms with van der Waals surface area (Å²) in [5.74, 6) is -1.19. The molecule has 1 unspecified atom stereocenters. The Bertz CT molecular complexity index is 576. The minimum Gasteiger partial charge on any atom is -0.224 e. The van der Waals surface area contributed by atoms with E-state index in [4.69, 9.17) is 0 Å². The number of hydrogen-bond acceptors (Lipinski definition) is 2. The van der Waals surface area contributed by atoms with E-state index in [2.05, 4.69) is 0 Å². The summed E-state index contributed by atoms with van der Waals surface area (Å²) in [5, 5.41) is 0. The van der Waals surface area contributed by atoms with E-state index < -0.39 is 21.5 Å². The lowest BCUT2D eigenvalue weighted by atomic mass is 9.90. The van der Waals surface area contributed by atoms with Gasteiger partial charge in [-0.05, 0) is 37.2 Å². The number of fused-ring (bicyclic) bond motifs is 1. The standard InChI is InChI=1S/C12H12F2O2S/c13-8-5-10(14)12-9(7-1-2-7)3-4-17(15,16)11(12)6-8/h5-7,9H,1-4H2. The second kappa shape index (κ2) is 3.51. The maximum absolute atomic E-state index is 13.8. The summed E-state index contributed by atoms with van der Waals surface area (Å²) in [4.78, 5) is -0.127. The highest BCUT2D eigenvalue weighted by Crippen LogP contribution is 2.49. The number of halogens is 2. The van der Waals surface area contributed by atoms with Gasteiger partial charge in [0.2, 0.25) is 0 Å². The van der Waals surface area contributed by atoms with E-state index in [1.54, 1.807) is 0 Å². The van der Waals surface area contributed by atoms with Gasteiger partial charge in [0.05, 0.1) is 10.6 Å². The maximum Gasteiger partial charge on any atom is 0.178 e. The molecule has 0 amide bonds. The first-order valence-electron chi connectivity index (χ1n) is 5.71. The fraction of sp³-hybridized carbons (Fsp3) is 0.500. The van der Waals surface area contributed by atoms with Crippen molar-refractivity contribution in [2.75, 3.05) is 5.75 Å². The largest absolute Gasteiger partial charge is 0.224 e. The maximum atomic E-state index is 13.8. The fourth-order valence-electron chi connectivity index (χ4n) is 2.68. The van der Waals surface area contributed by atoms with E-state index in [0.717, 1.165) is 25.0 Å². The van der Waals surface area contributed by atoms with Crippen LogP contribution in [0.3, 0.4) is 0 Å². The molecule has 2 aliphatic rings. The lowest BCUT2D eigenvalue weighted by molar-refractivity contribution is 0.487. The molecule has 1 atom stereocenters. The third-order valence-electron chi connectivity index (χ3n) is 3.65. The Kier molecular flexibility index (Phi) is 2.30. The van der Waals surface area contributed by atoms with Crippen molar-refractivity contribution < 1.29 is 17.2 Å². The number of hydrogen-bond donors (Lipinski definition) is 0. The van der Waals surface area contributed by atoms with E-state index in [9.17, 15) is 17.2 Å². The highest BCUT2D eigenvalue weighted by atomic mass is 32.2. The minimum absolute atomic E-state index is 0.00403. The first-order valence-corrected chi connectivity index (χ1v) is 7.36. The van der Waals surface area contributed by atoms with Crippen molar-refractivity contribution in [2.45, 2.75) is 30.1 Å². The molecule has 0 saturated heterocycles. The summed E-state index contributed by atoms with van der Waals surface area (Å²) in [6.45, 7) is 0. The van der Waals surface area contributed by atoms with Crippen molar-refractivity contribution in [1.82, 2.24) is 0 Å². The molecule has 0 aromatic heterocycles. The molecule has 0 radical (unpaired) electrons. The summed E-state index contributed by atoms with van der Waals surface area (Å²) in [6.07, 6.45) is 2.49. The Morgan fingerprint density at radius 2 is 1.82 bits per heavy atom. The van der Waals surface area contributed by atoms with Crippen LogP contribution in [0.5, 0.6) is 0 Å². The lowest BCUT2D eigenvalue weighted by Crippen LogP contribution is -2.23. The van der Waals surface area contributed by atoms with Crippen LogP contribution in [-0.4, -0.2) is 14.2 Å². The lowest BCUT2D eigenvalue weighted by Gasteiger charge is -2.25. The monoisotopic (exact) mass is 258 g/mol. The zero-order chi connectivity index (χ0) is 12.2. The van der Waals surface area contributed by atoms with Gasteiger partial charge >= 0.3 is 0 Å². The highest BCUT2D eigenvalue weighted by Gasteiger charge is 2.41. The topological polar surface area (TPSA) is 34.1 Å². The van der Waals surface area contributed by atoms with Gasteiger partial charge in [-0.15, -0.1) is 0 Å². The Labute approximate surface area is 98.6 Å². The predicted octanol–water partition coefficient (Wildman–Crippen LogP) is 2.64. The molecule has 1 aromatic carbocycles. The van der Waals surface area contributed by atoms with Crippen LogP contribution in [0, 0.1) is 17.6 Å². The van der Waals surface area contributed by atoms with Crippen LogP contribution >= 0.6 is 0 Å². The SMILES string of the molecule is O=S1(=O)CCC(C2CC2)c2c(F)cc(F)cc21. The minimum atomic E-state index is -3.51. The normalized spacial score (nSPS) is 26.6. The van der Waals surface area contributed by atoms with E-state index >= 15 is 0 Å². The smallest absolute Gasteiger partial charge is 0.178 e. The highest BCUT2D eigenvalue weighted by molar-refractivity contribution is 7.91. The number of rotatable bonds is 1. The number of benzene rings is 1. The molecule has 1 heterocycles. The molecular weight excluding hydrogens is 246 g/mol. The molecule has 1 aliphatic carbocycles. The average Bonchev–Trinajstić information content (AvgIpc) is 3.03. The van der Waals surface area contributed by atoms with Crippen molar-refractivity contribution >= 4 is 9.84 Å². The summed E-state index contributed by atoms with van der Waals surface area (Å²) >= 11 is 0. The Morgan fingerprint density at radius 3 is 2.47 bits per heavy atom. The molecule has 1 aliphatic heterocycles. The molecule has 1 fully saturated rings. The van der Waals surface area contributed by atoms with E-state index in [0.29, 0.717) is 12.3 Å². The summed E-state index contributed by atoms with van der Waals surface area (Å²) in [7, 11) is -3.51. The van der Waals surface area contributed by atoms with Crippen LogP contribution in [0.4, 0.5) is 8.78 Å². The van der Waals surface area contributed by atoms with Gasteiger partial charge < -0.3 is 0 Å². The van der Waals surface area contributed by atoms with Crippen molar-refractivity contribution in [3.8, 4) is 0 Å². The molecule has 0 bridgehead atoms. The third kappa shape index (κ3) is 1.76. The van der Waals surface area contributed by atoms with E-state index in [-0.39, 0.29) is 22.1 Å². The van der Waals surface area contributed by atoms with Crippen molar-refractivity contribution in [3.63, 3.8) is 0 Å². The third-order valence-corrected chi connectivity index (χ3v) is 5.43. The molecule has 17 heavy (non-hydrogen) atoms. The molecule has 5 heteroatoms. The van der Waals surface area contributed by atoms with Crippen molar-refractivity contribution in [2.24, 2.45) is 5.92 Å². The first-order chi connectivity index (χ1) is 7.99. The van der Waals surface area contributed by atoms with Crippen LogP contribution in [0.15, 0.2) is 17.0 Å². The van der Waals surface area contributed by atoms with Crippen LogP contribution < -0.4 is 0 Å². The summed E-state index contributed by atoms with van der Waals surface area (Å²) < 4.78 is 50.6. The van der Waals surface area contributed by atoms with Gasteiger partial charge in [-0.3, -0.25) is 0 Å². The summed E-state index contributed by atoms with van der Waals surface area (Å²) in [5.41, 5.74) is 0.222. The van der Waals surface area contributed by atoms with Crippen LogP contribution in [0.2, 0.25) is 0 Å². The van der Waals surface area contributed by atoms with Crippen molar-refractivity contribution in [3.05, 3.63) is 29.3 Å². The molecule has 3 rings (SSSR count). The molecule has 0 N–H and O–H groups in total. The number of sulfone groups is 1. The van der Waals surface area contributed by atoms with Gasteiger partial charge in [0, 0.05) is 11.6 Å². The van der Waals surface area contributed by atoms with Gasteiger partial charge in [0.1, 0.15) is 11.6 Å². The average molecular weight is 258 g/mol. The Morgan fingerprint density at radius 1 is 1.12 bits per heavy atom. The molecule has 92 valence electrons. The van der Waals surface area contributed by atoms with Gasteiger partial charge in [-0.25, -0.2) is 17.2 Å². The second-order valence-corrected chi connectivity index (χ2v) is 6.93. The van der Waals surface area contributed by atoms with E-state index in [1.165, 1.54) is 0 Å².